The third-order valence-corrected chi connectivity index (χ3v) is 7.84. The van der Waals surface area contributed by atoms with Gasteiger partial charge in [-0.25, -0.2) is 9.59 Å². The molecule has 0 spiro atoms. The fourth-order valence-electron chi connectivity index (χ4n) is 4.80. The summed E-state index contributed by atoms with van der Waals surface area (Å²) in [5.74, 6) is 0.207. The van der Waals surface area contributed by atoms with E-state index in [0.29, 0.717) is 22.5 Å². The van der Waals surface area contributed by atoms with Crippen LogP contribution in [0.1, 0.15) is 40.9 Å². The van der Waals surface area contributed by atoms with Gasteiger partial charge in [0.15, 0.2) is 0 Å². The molecule has 0 saturated carbocycles. The number of carbonyl (C=O) groups is 2. The second kappa shape index (κ2) is 10.2. The van der Waals surface area contributed by atoms with Crippen molar-refractivity contribution in [3.05, 3.63) is 80.9 Å². The number of benzene rings is 2. The summed E-state index contributed by atoms with van der Waals surface area (Å²) < 4.78 is 11.6. The van der Waals surface area contributed by atoms with Gasteiger partial charge in [0.05, 0.1) is 12.0 Å². The van der Waals surface area contributed by atoms with Gasteiger partial charge in [0, 0.05) is 40.3 Å². The molecule has 0 aliphatic heterocycles. The van der Waals surface area contributed by atoms with E-state index in [1.54, 1.807) is 13.0 Å². The first-order valence-corrected chi connectivity index (χ1v) is 13.2. The largest absolute Gasteiger partial charge is 0.480 e. The molecular weight excluding hydrogens is 478 g/mol. The summed E-state index contributed by atoms with van der Waals surface area (Å²) in [5, 5.41) is 13.9. The fraction of sp³-hybridized carbons (Fsp3) is 0.321. The van der Waals surface area contributed by atoms with Crippen molar-refractivity contribution in [1.82, 2.24) is 5.32 Å². The van der Waals surface area contributed by atoms with Crippen molar-refractivity contribution < 1.29 is 23.5 Å². The van der Waals surface area contributed by atoms with Crippen molar-refractivity contribution in [1.29, 1.82) is 0 Å². The summed E-state index contributed by atoms with van der Waals surface area (Å²) in [6, 6.07) is 12.4. The second-order valence-electron chi connectivity index (χ2n) is 9.18. The molecule has 1 amide bonds. The second-order valence-corrected chi connectivity index (χ2v) is 10.2. The first-order chi connectivity index (χ1) is 17.4. The molecule has 2 aromatic carbocycles. The van der Waals surface area contributed by atoms with E-state index < -0.39 is 23.5 Å². The Morgan fingerprint density at radius 3 is 2.58 bits per heavy atom. The topological polar surface area (TPSA) is 110 Å². The van der Waals surface area contributed by atoms with Crippen LogP contribution in [0.2, 0.25) is 0 Å². The monoisotopic (exact) mass is 505 g/mol. The highest BCUT2D eigenvalue weighted by atomic mass is 32.2. The van der Waals surface area contributed by atoms with Crippen molar-refractivity contribution in [3.63, 3.8) is 0 Å². The van der Waals surface area contributed by atoms with Crippen molar-refractivity contribution >= 4 is 45.6 Å². The molecule has 4 aromatic rings. The highest BCUT2D eigenvalue weighted by Crippen LogP contribution is 2.35. The number of fused-ring (bicyclic) bond motifs is 4. The zero-order chi connectivity index (χ0) is 25.2. The molecule has 186 valence electrons. The van der Waals surface area contributed by atoms with Crippen LogP contribution in [-0.2, 0) is 34.6 Å². The van der Waals surface area contributed by atoms with Gasteiger partial charge in [-0.05, 0) is 43.4 Å². The maximum atomic E-state index is 12.8. The molecule has 0 saturated heterocycles. The molecule has 2 aromatic heterocycles. The number of carboxylic acid groups (broad SMARTS) is 1. The smallest absolute Gasteiger partial charge is 0.340 e. The van der Waals surface area contributed by atoms with Gasteiger partial charge in [0.2, 0.25) is 5.91 Å². The summed E-state index contributed by atoms with van der Waals surface area (Å²) in [4.78, 5) is 37.3. The number of rotatable bonds is 8. The molecule has 2 N–H and O–H groups in total. The Morgan fingerprint density at radius 1 is 1.06 bits per heavy atom. The lowest BCUT2D eigenvalue weighted by Crippen LogP contribution is -2.43. The van der Waals surface area contributed by atoms with Gasteiger partial charge in [-0.3, -0.25) is 4.79 Å². The van der Waals surface area contributed by atoms with Gasteiger partial charge in [-0.1, -0.05) is 30.3 Å². The quantitative estimate of drug-likeness (QED) is 0.332. The van der Waals surface area contributed by atoms with Crippen molar-refractivity contribution in [3.8, 4) is 0 Å². The molecule has 1 aliphatic carbocycles. The number of thioether (sulfide) groups is 1. The summed E-state index contributed by atoms with van der Waals surface area (Å²) in [5.41, 5.74) is 3.71. The van der Waals surface area contributed by atoms with Crippen LogP contribution in [0, 0.1) is 6.92 Å². The number of aliphatic carboxylic acids is 1. The van der Waals surface area contributed by atoms with Crippen LogP contribution in [0.15, 0.2) is 56.1 Å². The maximum Gasteiger partial charge on any atom is 0.340 e. The lowest BCUT2D eigenvalue weighted by Gasteiger charge is -2.15. The van der Waals surface area contributed by atoms with Gasteiger partial charge < -0.3 is 19.3 Å². The molecule has 36 heavy (non-hydrogen) atoms. The molecule has 1 atom stereocenters. The highest BCUT2D eigenvalue weighted by Gasteiger charge is 2.24. The molecule has 7 nitrogen and oxygen atoms in total. The molecular formula is C28H27NO6S. The average molecular weight is 506 g/mol. The molecule has 0 fully saturated rings. The molecule has 5 rings (SSSR count). The number of aryl methyl sites for hydroxylation is 3. The zero-order valence-electron chi connectivity index (χ0n) is 20.0. The minimum atomic E-state index is -1.11. The Kier molecular flexibility index (Phi) is 6.87. The third-order valence-electron chi connectivity index (χ3n) is 6.73. The van der Waals surface area contributed by atoms with Crippen LogP contribution < -0.4 is 10.9 Å². The predicted octanol–water partition coefficient (Wildman–Crippen LogP) is 4.77. The standard InChI is InChI=1S/C28H27NO6S/c1-16-19-11-21-18-9-5-6-10-23(18)34-25(21)13-24(19)35-28(33)20(16)12-26(30)29-22(27(31)32)15-36-14-17-7-3-2-4-8-17/h2-4,7-8,11,13,22H,5-6,9-10,12,14-15H2,1H3,(H,29,30)(H,31,32)/t22-/m0/s1. The average Bonchev–Trinajstić information content (AvgIpc) is 3.23. The molecule has 0 unspecified atom stereocenters. The van der Waals surface area contributed by atoms with Gasteiger partial charge in [0.1, 0.15) is 23.0 Å². The molecule has 0 radical (unpaired) electrons. The van der Waals surface area contributed by atoms with Crippen LogP contribution in [0.5, 0.6) is 0 Å². The third kappa shape index (κ3) is 4.91. The van der Waals surface area contributed by atoms with Crippen molar-refractivity contribution in [2.75, 3.05) is 5.75 Å². The van der Waals surface area contributed by atoms with Gasteiger partial charge >= 0.3 is 11.6 Å². The number of hydrogen-bond donors (Lipinski definition) is 2. The maximum absolute atomic E-state index is 12.8. The predicted molar refractivity (Wildman–Crippen MR) is 140 cm³/mol. The number of carbonyl (C=O) groups excluding carboxylic acids is 1. The van der Waals surface area contributed by atoms with Gasteiger partial charge in [0.25, 0.3) is 0 Å². The van der Waals surface area contributed by atoms with Crippen LogP contribution in [0.3, 0.4) is 0 Å². The summed E-state index contributed by atoms with van der Waals surface area (Å²) in [6.45, 7) is 1.80. The Hall–Kier alpha value is -3.52. The summed E-state index contributed by atoms with van der Waals surface area (Å²) in [7, 11) is 0. The molecule has 2 heterocycles. The number of nitrogens with one attached hydrogen (secondary N) is 1. The molecule has 0 bridgehead atoms. The fourth-order valence-corrected chi connectivity index (χ4v) is 5.81. The minimum Gasteiger partial charge on any atom is -0.480 e. The number of furan rings is 1. The van der Waals surface area contributed by atoms with E-state index in [2.05, 4.69) is 5.32 Å². The number of hydrogen-bond acceptors (Lipinski definition) is 6. The lowest BCUT2D eigenvalue weighted by atomic mass is 9.94. The first kappa shape index (κ1) is 24.2. The zero-order valence-corrected chi connectivity index (χ0v) is 20.8. The summed E-state index contributed by atoms with van der Waals surface area (Å²) in [6.07, 6.45) is 3.82. The van der Waals surface area contributed by atoms with E-state index in [1.165, 1.54) is 17.3 Å². The lowest BCUT2D eigenvalue weighted by molar-refractivity contribution is -0.141. The van der Waals surface area contributed by atoms with Crippen LogP contribution >= 0.6 is 11.8 Å². The van der Waals surface area contributed by atoms with E-state index in [1.807, 2.05) is 36.4 Å². The van der Waals surface area contributed by atoms with Crippen LogP contribution in [0.4, 0.5) is 0 Å². The summed E-state index contributed by atoms with van der Waals surface area (Å²) >= 11 is 1.43. The van der Waals surface area contributed by atoms with Crippen molar-refractivity contribution in [2.45, 2.75) is 50.8 Å². The minimum absolute atomic E-state index is 0.213. The van der Waals surface area contributed by atoms with E-state index in [0.717, 1.165) is 47.8 Å². The first-order valence-electron chi connectivity index (χ1n) is 12.0. The number of amides is 1. The Balaban J connectivity index is 1.34. The van der Waals surface area contributed by atoms with Gasteiger partial charge in [-0.2, -0.15) is 11.8 Å². The van der Waals surface area contributed by atoms with E-state index >= 15 is 0 Å². The Labute approximate surface area is 211 Å². The Bertz CT molecular complexity index is 1500. The van der Waals surface area contributed by atoms with Crippen molar-refractivity contribution in [2.24, 2.45) is 0 Å². The van der Waals surface area contributed by atoms with Crippen LogP contribution in [-0.4, -0.2) is 28.8 Å². The van der Waals surface area contributed by atoms with E-state index in [-0.39, 0.29) is 17.7 Å². The SMILES string of the molecule is Cc1c(CC(=O)N[C@@H](CSCc2ccccc2)C(=O)O)c(=O)oc2cc3oc4c(c3cc12)CCCC4. The molecule has 1 aliphatic rings. The normalized spacial score (nSPS) is 14.0. The molecule has 8 heteroatoms. The van der Waals surface area contributed by atoms with E-state index in [9.17, 15) is 19.5 Å². The number of carboxylic acids is 1. The highest BCUT2D eigenvalue weighted by molar-refractivity contribution is 7.98. The van der Waals surface area contributed by atoms with E-state index in [4.69, 9.17) is 8.83 Å². The Morgan fingerprint density at radius 2 is 1.81 bits per heavy atom. The van der Waals surface area contributed by atoms with Crippen LogP contribution in [0.25, 0.3) is 21.9 Å². The van der Waals surface area contributed by atoms with Gasteiger partial charge in [-0.15, -0.1) is 0 Å².